The molecule has 0 aliphatic carbocycles. The fraction of sp³-hybridized carbons (Fsp3) is 0.278. The Hall–Kier alpha value is -2.47. The van der Waals surface area contributed by atoms with Crippen molar-refractivity contribution in [1.82, 2.24) is 15.0 Å². The van der Waals surface area contributed by atoms with Gasteiger partial charge in [-0.25, -0.2) is 0 Å². The average Bonchev–Trinajstić information content (AvgIpc) is 3.25. The lowest BCUT2D eigenvalue weighted by atomic mass is 10.1. The van der Waals surface area contributed by atoms with Gasteiger partial charge in [-0.3, -0.25) is 4.79 Å². The molecule has 1 aromatic carbocycles. The van der Waals surface area contributed by atoms with Gasteiger partial charge >= 0.3 is 0 Å². The molecule has 0 fully saturated rings. The van der Waals surface area contributed by atoms with Crippen LogP contribution in [0.1, 0.15) is 16.3 Å². The van der Waals surface area contributed by atoms with E-state index in [0.29, 0.717) is 31.1 Å². The van der Waals surface area contributed by atoms with Crippen molar-refractivity contribution in [1.29, 1.82) is 0 Å². The summed E-state index contributed by atoms with van der Waals surface area (Å²) in [5, 5.41) is 5.98. The molecule has 24 heavy (non-hydrogen) atoms. The number of hydrogen-bond acceptors (Lipinski definition) is 5. The number of carbonyl (C=O) groups is 1. The minimum atomic E-state index is 0.0969. The number of amides is 1. The van der Waals surface area contributed by atoms with Gasteiger partial charge in [-0.2, -0.15) is 4.98 Å². The summed E-state index contributed by atoms with van der Waals surface area (Å²) < 4.78 is 5.31. The Bertz CT molecular complexity index is 794. The summed E-state index contributed by atoms with van der Waals surface area (Å²) in [6, 6.07) is 11.9. The van der Waals surface area contributed by atoms with E-state index in [-0.39, 0.29) is 5.91 Å². The molecule has 3 aromatic rings. The van der Waals surface area contributed by atoms with Crippen LogP contribution < -0.4 is 0 Å². The van der Waals surface area contributed by atoms with E-state index in [1.54, 1.807) is 23.3 Å². The zero-order chi connectivity index (χ0) is 16.9. The molecule has 0 bridgehead atoms. The maximum absolute atomic E-state index is 12.2. The maximum Gasteiger partial charge on any atom is 0.257 e. The molecule has 1 amide bonds. The SMILES string of the molecule is Cc1ccc(-c2nc(CCN(C)C(=O)Cc3cccs3)no2)cc1. The lowest BCUT2D eigenvalue weighted by Crippen LogP contribution is -2.30. The highest BCUT2D eigenvalue weighted by Crippen LogP contribution is 2.17. The first-order valence-corrected chi connectivity index (χ1v) is 8.66. The molecule has 2 heterocycles. The number of carbonyl (C=O) groups excluding carboxylic acids is 1. The van der Waals surface area contributed by atoms with Crippen LogP contribution in [0.25, 0.3) is 11.5 Å². The molecule has 0 unspecified atom stereocenters. The summed E-state index contributed by atoms with van der Waals surface area (Å²) >= 11 is 1.60. The molecular weight excluding hydrogens is 322 g/mol. The molecule has 0 saturated carbocycles. The van der Waals surface area contributed by atoms with Crippen molar-refractivity contribution < 1.29 is 9.32 Å². The van der Waals surface area contributed by atoms with Crippen molar-refractivity contribution in [3.63, 3.8) is 0 Å². The van der Waals surface area contributed by atoms with Crippen LogP contribution in [-0.2, 0) is 17.6 Å². The second-order valence-corrected chi connectivity index (χ2v) is 6.74. The van der Waals surface area contributed by atoms with Gasteiger partial charge in [-0.05, 0) is 30.5 Å². The van der Waals surface area contributed by atoms with Gasteiger partial charge in [0.05, 0.1) is 6.42 Å². The highest BCUT2D eigenvalue weighted by Gasteiger charge is 2.13. The fourth-order valence-electron chi connectivity index (χ4n) is 2.26. The quantitative estimate of drug-likeness (QED) is 0.690. The minimum absolute atomic E-state index is 0.0969. The van der Waals surface area contributed by atoms with Gasteiger partial charge in [0.15, 0.2) is 5.82 Å². The molecule has 6 heteroatoms. The van der Waals surface area contributed by atoms with E-state index in [4.69, 9.17) is 4.52 Å². The van der Waals surface area contributed by atoms with E-state index in [9.17, 15) is 4.79 Å². The first kappa shape index (κ1) is 16.4. The van der Waals surface area contributed by atoms with E-state index in [1.807, 2.05) is 48.7 Å². The third-order valence-electron chi connectivity index (χ3n) is 3.77. The molecule has 0 atom stereocenters. The van der Waals surface area contributed by atoms with Crippen molar-refractivity contribution in [2.45, 2.75) is 19.8 Å². The highest BCUT2D eigenvalue weighted by molar-refractivity contribution is 7.10. The smallest absolute Gasteiger partial charge is 0.257 e. The Kier molecular flexibility index (Phi) is 5.05. The fourth-order valence-corrected chi connectivity index (χ4v) is 2.95. The van der Waals surface area contributed by atoms with Crippen molar-refractivity contribution in [2.24, 2.45) is 0 Å². The van der Waals surface area contributed by atoms with Crippen LogP contribution >= 0.6 is 11.3 Å². The van der Waals surface area contributed by atoms with Crippen LogP contribution in [0.4, 0.5) is 0 Å². The molecule has 0 N–H and O–H groups in total. The maximum atomic E-state index is 12.2. The van der Waals surface area contributed by atoms with Gasteiger partial charge in [0.25, 0.3) is 5.89 Å². The minimum Gasteiger partial charge on any atom is -0.345 e. The van der Waals surface area contributed by atoms with Crippen LogP contribution in [0, 0.1) is 6.92 Å². The Labute approximate surface area is 144 Å². The first-order chi connectivity index (χ1) is 11.6. The zero-order valence-electron chi connectivity index (χ0n) is 13.7. The Balaban J connectivity index is 1.55. The van der Waals surface area contributed by atoms with Gasteiger partial charge in [-0.15, -0.1) is 11.3 Å². The summed E-state index contributed by atoms with van der Waals surface area (Å²) in [5.74, 6) is 1.22. The number of hydrogen-bond donors (Lipinski definition) is 0. The van der Waals surface area contributed by atoms with E-state index in [1.165, 1.54) is 5.56 Å². The standard InChI is InChI=1S/C18H19N3O2S/c1-13-5-7-14(8-6-13)18-19-16(20-23-18)9-10-21(2)17(22)12-15-4-3-11-24-15/h3-8,11H,9-10,12H2,1-2H3. The molecule has 0 aliphatic rings. The predicted molar refractivity (Wildman–Crippen MR) is 93.8 cm³/mol. The van der Waals surface area contributed by atoms with Crippen molar-refractivity contribution in [3.05, 3.63) is 58.0 Å². The van der Waals surface area contributed by atoms with E-state index < -0.39 is 0 Å². The predicted octanol–water partition coefficient (Wildman–Crippen LogP) is 3.35. The van der Waals surface area contributed by atoms with Gasteiger partial charge in [0, 0.05) is 30.5 Å². The van der Waals surface area contributed by atoms with Gasteiger partial charge < -0.3 is 9.42 Å². The lowest BCUT2D eigenvalue weighted by Gasteiger charge is -2.15. The summed E-state index contributed by atoms with van der Waals surface area (Å²) in [5.41, 5.74) is 2.09. The topological polar surface area (TPSA) is 59.2 Å². The van der Waals surface area contributed by atoms with Crippen LogP contribution in [-0.4, -0.2) is 34.5 Å². The summed E-state index contributed by atoms with van der Waals surface area (Å²) in [4.78, 5) is 19.3. The third kappa shape index (κ3) is 4.08. The number of thiophene rings is 1. The van der Waals surface area contributed by atoms with Gasteiger partial charge in [-0.1, -0.05) is 28.9 Å². The zero-order valence-corrected chi connectivity index (χ0v) is 14.5. The molecule has 0 saturated heterocycles. The van der Waals surface area contributed by atoms with E-state index >= 15 is 0 Å². The number of rotatable bonds is 6. The number of nitrogens with zero attached hydrogens (tertiary/aromatic N) is 3. The molecule has 2 aromatic heterocycles. The molecule has 124 valence electrons. The van der Waals surface area contributed by atoms with E-state index in [0.717, 1.165) is 10.4 Å². The molecule has 0 spiro atoms. The van der Waals surface area contributed by atoms with Gasteiger partial charge in [0.1, 0.15) is 0 Å². The van der Waals surface area contributed by atoms with E-state index in [2.05, 4.69) is 10.1 Å². The summed E-state index contributed by atoms with van der Waals surface area (Å²) in [7, 11) is 1.80. The number of likely N-dealkylation sites (N-methyl/N-ethyl adjacent to an activating group) is 1. The second kappa shape index (κ2) is 7.40. The van der Waals surface area contributed by atoms with Gasteiger partial charge in [0.2, 0.25) is 5.91 Å². The van der Waals surface area contributed by atoms with Crippen LogP contribution in [0.15, 0.2) is 46.3 Å². The Morgan fingerprint density at radius 2 is 2.04 bits per heavy atom. The summed E-state index contributed by atoms with van der Waals surface area (Å²) in [6.45, 7) is 2.60. The normalized spacial score (nSPS) is 10.8. The van der Waals surface area contributed by atoms with Crippen LogP contribution in [0.2, 0.25) is 0 Å². The van der Waals surface area contributed by atoms with Crippen molar-refractivity contribution in [3.8, 4) is 11.5 Å². The Morgan fingerprint density at radius 1 is 1.25 bits per heavy atom. The lowest BCUT2D eigenvalue weighted by molar-refractivity contribution is -0.129. The first-order valence-electron chi connectivity index (χ1n) is 7.78. The molecule has 5 nitrogen and oxygen atoms in total. The van der Waals surface area contributed by atoms with Crippen molar-refractivity contribution in [2.75, 3.05) is 13.6 Å². The summed E-state index contributed by atoms with van der Waals surface area (Å²) in [6.07, 6.45) is 1.01. The molecular formula is C18H19N3O2S. The number of benzene rings is 1. The number of aromatic nitrogens is 2. The van der Waals surface area contributed by atoms with Crippen molar-refractivity contribution >= 4 is 17.2 Å². The second-order valence-electron chi connectivity index (χ2n) is 5.70. The van der Waals surface area contributed by atoms with Crippen LogP contribution in [0.3, 0.4) is 0 Å². The molecule has 0 radical (unpaired) electrons. The third-order valence-corrected chi connectivity index (χ3v) is 4.65. The molecule has 3 rings (SSSR count). The van der Waals surface area contributed by atoms with Crippen LogP contribution in [0.5, 0.6) is 0 Å². The highest BCUT2D eigenvalue weighted by atomic mass is 32.1. The molecule has 0 aliphatic heterocycles. The average molecular weight is 341 g/mol. The largest absolute Gasteiger partial charge is 0.345 e. The Morgan fingerprint density at radius 3 is 2.75 bits per heavy atom. The number of aryl methyl sites for hydroxylation is 1. The monoisotopic (exact) mass is 341 g/mol.